The highest BCUT2D eigenvalue weighted by atomic mass is 127. The molecule has 1 aliphatic carbocycles. The second-order valence-corrected chi connectivity index (χ2v) is 9.67. The number of hydrogen-bond donors (Lipinski definition) is 0. The van der Waals surface area contributed by atoms with E-state index in [4.69, 9.17) is 4.74 Å². The fraction of sp³-hybridized carbons (Fsp3) is 0.591. The van der Waals surface area contributed by atoms with Gasteiger partial charge in [0, 0.05) is 24.4 Å². The number of rotatable bonds is 0. The van der Waals surface area contributed by atoms with Gasteiger partial charge in [0.15, 0.2) is 0 Å². The number of likely N-dealkylation sites (N-methyl/N-ethyl adjacent to an activating group) is 1. The molecule has 1 aromatic rings. The lowest BCUT2D eigenvalue weighted by atomic mass is 9.53. The van der Waals surface area contributed by atoms with E-state index in [1.165, 1.54) is 37.2 Å². The molecular weight excluding hydrogens is 451 g/mol. The van der Waals surface area contributed by atoms with E-state index in [1.54, 1.807) is 5.57 Å². The molecule has 1 amide bonds. The van der Waals surface area contributed by atoms with Gasteiger partial charge in [-0.25, -0.2) is 0 Å². The Kier molecular flexibility index (Phi) is 3.25. The fourth-order valence-corrected chi connectivity index (χ4v) is 8.14. The SMILES string of the molecule is C[N@+]12CC[C@@]34c5ccccc5N5C(=O)C[C@@H]6OCC=C(C1)[C@H](C[C@@H]32)[C@@H]6[C@H]54.[I-]. The highest BCUT2D eigenvalue weighted by molar-refractivity contribution is 5.99. The van der Waals surface area contributed by atoms with Crippen LogP contribution in [0.4, 0.5) is 5.69 Å². The lowest BCUT2D eigenvalue weighted by Gasteiger charge is -2.59. The van der Waals surface area contributed by atoms with Crippen LogP contribution in [0.1, 0.15) is 24.8 Å². The Labute approximate surface area is 177 Å². The van der Waals surface area contributed by atoms with Crippen molar-refractivity contribution in [3.63, 3.8) is 0 Å². The summed E-state index contributed by atoms with van der Waals surface area (Å²) in [5.41, 5.74) is 4.43. The van der Waals surface area contributed by atoms with Crippen LogP contribution in [-0.2, 0) is 14.9 Å². The molecule has 7 rings (SSSR count). The zero-order valence-electron chi connectivity index (χ0n) is 15.6. The Morgan fingerprint density at radius 3 is 3.04 bits per heavy atom. The van der Waals surface area contributed by atoms with Gasteiger partial charge in [-0.1, -0.05) is 24.3 Å². The summed E-state index contributed by atoms with van der Waals surface area (Å²) < 4.78 is 7.45. The van der Waals surface area contributed by atoms with Gasteiger partial charge in [-0.05, 0) is 23.1 Å². The van der Waals surface area contributed by atoms with Gasteiger partial charge in [0.1, 0.15) is 12.6 Å². The van der Waals surface area contributed by atoms with E-state index < -0.39 is 0 Å². The second-order valence-electron chi connectivity index (χ2n) is 9.67. The van der Waals surface area contributed by atoms with Crippen LogP contribution in [0.25, 0.3) is 0 Å². The molecule has 4 nitrogen and oxygen atoms in total. The van der Waals surface area contributed by atoms with Crippen LogP contribution in [0.5, 0.6) is 0 Å². The minimum Gasteiger partial charge on any atom is -1.00 e. The largest absolute Gasteiger partial charge is 1.00 e. The molecule has 5 heterocycles. The van der Waals surface area contributed by atoms with Gasteiger partial charge in [0.2, 0.25) is 5.91 Å². The van der Waals surface area contributed by atoms with E-state index in [-0.39, 0.29) is 41.4 Å². The number of quaternary nitrogens is 1. The number of halogens is 1. The lowest BCUT2D eigenvalue weighted by Crippen LogP contribution is -3.00. The van der Waals surface area contributed by atoms with Gasteiger partial charge in [-0.2, -0.15) is 0 Å². The maximum Gasteiger partial charge on any atom is 0.229 e. The summed E-state index contributed by atoms with van der Waals surface area (Å²) in [7, 11) is 2.47. The fourth-order valence-electron chi connectivity index (χ4n) is 8.14. The molecule has 7 atom stereocenters. The Morgan fingerprint density at radius 2 is 2.15 bits per heavy atom. The van der Waals surface area contributed by atoms with Crippen molar-refractivity contribution in [3.05, 3.63) is 41.5 Å². The van der Waals surface area contributed by atoms with Crippen LogP contribution in [0, 0.1) is 11.8 Å². The lowest BCUT2D eigenvalue weighted by molar-refractivity contribution is -0.925. The third-order valence-electron chi connectivity index (χ3n) is 8.91. The first kappa shape index (κ1) is 17.0. The number of piperidine rings is 2. The van der Waals surface area contributed by atoms with E-state index in [9.17, 15) is 4.79 Å². The molecule has 0 N–H and O–H groups in total. The normalized spacial score (nSPS) is 47.7. The van der Waals surface area contributed by atoms with Gasteiger partial charge >= 0.3 is 0 Å². The summed E-state index contributed by atoms with van der Waals surface area (Å²) in [4.78, 5) is 15.5. The number of benzene rings is 1. The Hall–Kier alpha value is -0.920. The summed E-state index contributed by atoms with van der Waals surface area (Å²) in [6.45, 7) is 3.12. The molecule has 0 aromatic heterocycles. The predicted octanol–water partition coefficient (Wildman–Crippen LogP) is -0.759. The van der Waals surface area contributed by atoms with E-state index in [0.717, 1.165) is 4.48 Å². The standard InChI is InChI=1S/C22H25N2O2.HI/c1-24-8-7-22-15-4-2-3-5-16(15)23-19(25)11-17-20(21(22)23)14(10-18(22)24)13(12-24)6-9-26-17;/h2-6,14,17-18,20-21H,7-12H2,1H3;1H/q+1;/p-1/t14-,17-,18-,20-,21-,22+,24-;/m0./s1. The maximum absolute atomic E-state index is 13.3. The third-order valence-corrected chi connectivity index (χ3v) is 8.91. The second kappa shape index (κ2) is 5.16. The van der Waals surface area contributed by atoms with Crippen molar-refractivity contribution in [2.24, 2.45) is 11.8 Å². The zero-order chi connectivity index (χ0) is 17.3. The molecule has 1 spiro atoms. The van der Waals surface area contributed by atoms with E-state index >= 15 is 0 Å². The average molecular weight is 476 g/mol. The number of nitrogens with zero attached hydrogens (tertiary/aromatic N) is 2. The van der Waals surface area contributed by atoms with Crippen LogP contribution in [-0.4, -0.2) is 55.3 Å². The molecule has 6 aliphatic rings. The monoisotopic (exact) mass is 476 g/mol. The minimum absolute atomic E-state index is 0. The van der Waals surface area contributed by atoms with Gasteiger partial charge in [-0.15, -0.1) is 0 Å². The topological polar surface area (TPSA) is 29.5 Å². The molecule has 1 saturated carbocycles. The smallest absolute Gasteiger partial charge is 0.229 e. The van der Waals surface area contributed by atoms with Gasteiger partial charge in [-0.3, -0.25) is 4.79 Å². The number of ether oxygens (including phenoxy) is 1. The Morgan fingerprint density at radius 1 is 1.30 bits per heavy atom. The quantitative estimate of drug-likeness (QED) is 0.280. The van der Waals surface area contributed by atoms with Crippen molar-refractivity contribution < 1.29 is 38.0 Å². The molecule has 4 fully saturated rings. The van der Waals surface area contributed by atoms with Crippen molar-refractivity contribution in [1.82, 2.24) is 0 Å². The highest BCUT2D eigenvalue weighted by Gasteiger charge is 2.75. The van der Waals surface area contributed by atoms with Crippen LogP contribution < -0.4 is 28.9 Å². The van der Waals surface area contributed by atoms with Gasteiger partial charge in [0.25, 0.3) is 0 Å². The number of carbonyl (C=O) groups excluding carboxylic acids is 1. The van der Waals surface area contributed by atoms with Crippen molar-refractivity contribution >= 4 is 11.6 Å². The first-order valence-electron chi connectivity index (χ1n) is 10.2. The molecule has 5 heteroatoms. The first-order valence-corrected chi connectivity index (χ1v) is 10.2. The number of hydrogen-bond acceptors (Lipinski definition) is 2. The number of fused-ring (bicyclic) bond motifs is 2. The molecule has 1 aromatic carbocycles. The van der Waals surface area contributed by atoms with Crippen molar-refractivity contribution in [2.45, 2.75) is 42.9 Å². The number of amides is 1. The molecule has 5 aliphatic heterocycles. The van der Waals surface area contributed by atoms with Crippen LogP contribution in [0.15, 0.2) is 35.9 Å². The van der Waals surface area contributed by atoms with Crippen LogP contribution in [0.2, 0.25) is 0 Å². The summed E-state index contributed by atoms with van der Waals surface area (Å²) in [6, 6.07) is 9.76. The molecular formula is C22H25IN2O2. The number of para-hydroxylation sites is 1. The maximum atomic E-state index is 13.3. The summed E-state index contributed by atoms with van der Waals surface area (Å²) in [5, 5.41) is 0. The summed E-state index contributed by atoms with van der Waals surface area (Å²) >= 11 is 0. The zero-order valence-corrected chi connectivity index (χ0v) is 17.8. The van der Waals surface area contributed by atoms with E-state index in [0.29, 0.717) is 36.9 Å². The van der Waals surface area contributed by atoms with Crippen LogP contribution in [0.3, 0.4) is 0 Å². The summed E-state index contributed by atoms with van der Waals surface area (Å²) in [6.07, 6.45) is 5.51. The molecule has 0 unspecified atom stereocenters. The predicted molar refractivity (Wildman–Crippen MR) is 97.8 cm³/mol. The number of carbonyl (C=O) groups is 1. The highest BCUT2D eigenvalue weighted by Crippen LogP contribution is 2.67. The van der Waals surface area contributed by atoms with Crippen molar-refractivity contribution in [2.75, 3.05) is 31.6 Å². The molecule has 0 radical (unpaired) electrons. The van der Waals surface area contributed by atoms with Crippen molar-refractivity contribution in [3.8, 4) is 0 Å². The molecule has 2 bridgehead atoms. The first-order chi connectivity index (χ1) is 12.6. The van der Waals surface area contributed by atoms with Gasteiger partial charge in [0.05, 0.1) is 44.2 Å². The molecule has 142 valence electrons. The Bertz CT molecular complexity index is 900. The van der Waals surface area contributed by atoms with Crippen molar-refractivity contribution in [1.29, 1.82) is 0 Å². The molecule has 3 saturated heterocycles. The van der Waals surface area contributed by atoms with Gasteiger partial charge < -0.3 is 38.1 Å². The third kappa shape index (κ3) is 1.72. The van der Waals surface area contributed by atoms with E-state index in [2.05, 4.69) is 42.3 Å². The van der Waals surface area contributed by atoms with Crippen LogP contribution >= 0.6 is 0 Å². The summed E-state index contributed by atoms with van der Waals surface area (Å²) in [5.74, 6) is 1.36. The average Bonchev–Trinajstić information content (AvgIpc) is 3.05. The number of anilines is 1. The van der Waals surface area contributed by atoms with E-state index in [1.807, 2.05) is 0 Å². The Balaban J connectivity index is 0.00000146. The molecule has 27 heavy (non-hydrogen) atoms. The minimum atomic E-state index is 0.